The lowest BCUT2D eigenvalue weighted by molar-refractivity contribution is 0.236. The van der Waals surface area contributed by atoms with Crippen molar-refractivity contribution in [2.45, 2.75) is 40.5 Å². The Balaban J connectivity index is 2.50. The number of hydrogen-bond donors (Lipinski definition) is 0. The molecule has 0 aliphatic rings. The van der Waals surface area contributed by atoms with E-state index in [1.807, 2.05) is 13.8 Å². The zero-order valence-electron chi connectivity index (χ0n) is 15.5. The first-order valence-corrected chi connectivity index (χ1v) is 8.42. The molecule has 0 bridgehead atoms. The van der Waals surface area contributed by atoms with Crippen molar-refractivity contribution >= 4 is 0 Å². The van der Waals surface area contributed by atoms with Crippen molar-refractivity contribution in [3.05, 3.63) is 65.5 Å². The Labute approximate surface area is 148 Å². The third-order valence-corrected chi connectivity index (χ3v) is 4.15. The third kappa shape index (κ3) is 6.45. The molecule has 1 aromatic rings. The maximum Gasteiger partial charge on any atom is 0.165 e. The lowest BCUT2D eigenvalue weighted by Gasteiger charge is -2.18. The summed E-state index contributed by atoms with van der Waals surface area (Å²) in [5, 5.41) is 0. The van der Waals surface area contributed by atoms with Gasteiger partial charge in [0.1, 0.15) is 0 Å². The number of ether oxygens (including phenoxy) is 1. The summed E-state index contributed by atoms with van der Waals surface area (Å²) >= 11 is 0. The van der Waals surface area contributed by atoms with Gasteiger partial charge in [0, 0.05) is 0 Å². The molecule has 0 aliphatic carbocycles. The minimum Gasteiger partial charge on any atom is -0.490 e. The van der Waals surface area contributed by atoms with Gasteiger partial charge < -0.3 is 4.74 Å². The quantitative estimate of drug-likeness (QED) is 0.442. The number of hydrogen-bond acceptors (Lipinski definition) is 1. The zero-order valence-corrected chi connectivity index (χ0v) is 15.5. The van der Waals surface area contributed by atoms with Crippen LogP contribution in [0.25, 0.3) is 0 Å². The van der Waals surface area contributed by atoms with Gasteiger partial charge in [0.2, 0.25) is 0 Å². The molecule has 0 saturated carbocycles. The van der Waals surface area contributed by atoms with Crippen LogP contribution in [0, 0.1) is 24.6 Å². The van der Waals surface area contributed by atoms with Crippen molar-refractivity contribution in [3.63, 3.8) is 0 Å². The van der Waals surface area contributed by atoms with Crippen LogP contribution in [0.1, 0.15) is 39.2 Å². The van der Waals surface area contributed by atoms with Crippen molar-refractivity contribution in [2.24, 2.45) is 11.8 Å². The van der Waals surface area contributed by atoms with Crippen molar-refractivity contribution in [2.75, 3.05) is 6.61 Å². The highest BCUT2D eigenvalue weighted by atomic mass is 19.2. The van der Waals surface area contributed by atoms with Crippen LogP contribution in [0.2, 0.25) is 0 Å². The Hall–Kier alpha value is -1.97. The van der Waals surface area contributed by atoms with Crippen molar-refractivity contribution in [1.82, 2.24) is 0 Å². The van der Waals surface area contributed by atoms with E-state index in [1.54, 1.807) is 19.1 Å². The fourth-order valence-corrected chi connectivity index (χ4v) is 2.29. The van der Waals surface area contributed by atoms with E-state index in [-0.39, 0.29) is 34.5 Å². The van der Waals surface area contributed by atoms with Gasteiger partial charge in [-0.25, -0.2) is 13.2 Å². The highest BCUT2D eigenvalue weighted by molar-refractivity contribution is 5.34. The van der Waals surface area contributed by atoms with Gasteiger partial charge in [-0.2, -0.15) is 0 Å². The summed E-state index contributed by atoms with van der Waals surface area (Å²) in [6, 6.07) is 4.83. The topological polar surface area (TPSA) is 9.23 Å². The minimum atomic E-state index is -0.942. The number of benzene rings is 1. The zero-order chi connectivity index (χ0) is 19.1. The molecule has 0 saturated heterocycles. The van der Waals surface area contributed by atoms with E-state index >= 15 is 0 Å². The summed E-state index contributed by atoms with van der Waals surface area (Å²) in [6.45, 7) is 14.4. The summed E-state index contributed by atoms with van der Waals surface area (Å²) < 4.78 is 46.8. The van der Waals surface area contributed by atoms with E-state index in [4.69, 9.17) is 4.74 Å². The number of rotatable bonds is 9. The molecule has 1 rings (SSSR count). The van der Waals surface area contributed by atoms with Crippen molar-refractivity contribution in [3.8, 4) is 5.75 Å². The molecule has 25 heavy (non-hydrogen) atoms. The molecule has 1 aromatic carbocycles. The first kappa shape index (κ1) is 21.1. The smallest absolute Gasteiger partial charge is 0.165 e. The number of aryl methyl sites for hydroxylation is 1. The molecule has 0 spiro atoms. The Morgan fingerprint density at radius 3 is 2.32 bits per heavy atom. The van der Waals surface area contributed by atoms with Crippen molar-refractivity contribution in [1.29, 1.82) is 0 Å². The fraction of sp³-hybridized carbons (Fsp3) is 0.429. The molecule has 2 atom stereocenters. The molecule has 138 valence electrons. The standard InChI is InChI=1S/C21H27F3O/c1-13(2)20(23)21(24)17(6)16(5)9-7-15(4)12-25-19-10-8-14(3)11-18(19)22/h8,10-11,15-16H,1,6-7,9,12H2,2-5H3/b21-20-. The Kier molecular flexibility index (Phi) is 8.01. The molecule has 0 heterocycles. The first-order chi connectivity index (χ1) is 11.6. The lowest BCUT2D eigenvalue weighted by Crippen LogP contribution is -2.11. The molecule has 0 aromatic heterocycles. The molecule has 0 radical (unpaired) electrons. The molecule has 0 amide bonds. The van der Waals surface area contributed by atoms with Crippen LogP contribution in [0.3, 0.4) is 0 Å². The molecule has 0 N–H and O–H groups in total. The lowest BCUT2D eigenvalue weighted by atomic mass is 9.92. The van der Waals surface area contributed by atoms with Crippen LogP contribution in [0.15, 0.2) is 54.2 Å². The van der Waals surface area contributed by atoms with Crippen LogP contribution in [0.4, 0.5) is 13.2 Å². The van der Waals surface area contributed by atoms with Gasteiger partial charge in [-0.05, 0) is 67.4 Å². The van der Waals surface area contributed by atoms with Crippen LogP contribution < -0.4 is 4.74 Å². The summed E-state index contributed by atoms with van der Waals surface area (Å²) in [5.41, 5.74) is 1.02. The fourth-order valence-electron chi connectivity index (χ4n) is 2.29. The predicted octanol–water partition coefficient (Wildman–Crippen LogP) is 6.85. The highest BCUT2D eigenvalue weighted by Gasteiger charge is 2.17. The van der Waals surface area contributed by atoms with Crippen LogP contribution >= 0.6 is 0 Å². The molecule has 2 unspecified atom stereocenters. The number of allylic oxidation sites excluding steroid dienone is 4. The summed E-state index contributed by atoms with van der Waals surface area (Å²) in [5.74, 6) is -2.07. The average Bonchev–Trinajstić information content (AvgIpc) is 2.56. The Bertz CT molecular complexity index is 661. The maximum absolute atomic E-state index is 13.9. The van der Waals surface area contributed by atoms with E-state index < -0.39 is 11.7 Å². The van der Waals surface area contributed by atoms with Gasteiger partial charge in [-0.1, -0.05) is 33.1 Å². The number of halogens is 3. The largest absolute Gasteiger partial charge is 0.490 e. The van der Waals surface area contributed by atoms with Gasteiger partial charge in [0.15, 0.2) is 23.2 Å². The molecular weight excluding hydrogens is 325 g/mol. The van der Waals surface area contributed by atoms with Gasteiger partial charge in [-0.3, -0.25) is 0 Å². The van der Waals surface area contributed by atoms with Gasteiger partial charge in [-0.15, -0.1) is 0 Å². The van der Waals surface area contributed by atoms with E-state index in [0.29, 0.717) is 13.0 Å². The second-order valence-corrected chi connectivity index (χ2v) is 6.76. The van der Waals surface area contributed by atoms with Gasteiger partial charge in [0.25, 0.3) is 0 Å². The van der Waals surface area contributed by atoms with Gasteiger partial charge >= 0.3 is 0 Å². The third-order valence-electron chi connectivity index (χ3n) is 4.15. The molecule has 0 aliphatic heterocycles. The Morgan fingerprint density at radius 1 is 1.12 bits per heavy atom. The maximum atomic E-state index is 13.9. The average molecular weight is 352 g/mol. The van der Waals surface area contributed by atoms with Crippen LogP contribution in [-0.2, 0) is 0 Å². The molecule has 1 nitrogen and oxygen atoms in total. The second-order valence-electron chi connectivity index (χ2n) is 6.76. The summed E-state index contributed by atoms with van der Waals surface area (Å²) in [6.07, 6.45) is 1.37. The van der Waals surface area contributed by atoms with Crippen molar-refractivity contribution < 1.29 is 17.9 Å². The Morgan fingerprint density at radius 2 is 1.76 bits per heavy atom. The first-order valence-electron chi connectivity index (χ1n) is 8.42. The van der Waals surface area contributed by atoms with E-state index in [1.165, 1.54) is 13.0 Å². The highest BCUT2D eigenvalue weighted by Crippen LogP contribution is 2.29. The van der Waals surface area contributed by atoms with E-state index in [9.17, 15) is 13.2 Å². The predicted molar refractivity (Wildman–Crippen MR) is 97.4 cm³/mol. The van der Waals surface area contributed by atoms with E-state index in [0.717, 1.165) is 12.0 Å². The minimum absolute atomic E-state index is 0.0488. The second kappa shape index (κ2) is 9.50. The molecule has 4 heteroatoms. The van der Waals surface area contributed by atoms with Crippen LogP contribution in [-0.4, -0.2) is 6.61 Å². The summed E-state index contributed by atoms with van der Waals surface area (Å²) in [4.78, 5) is 0. The molecular formula is C21H27F3O. The van der Waals surface area contributed by atoms with Gasteiger partial charge in [0.05, 0.1) is 6.61 Å². The monoisotopic (exact) mass is 352 g/mol. The normalized spacial score (nSPS) is 14.5. The molecule has 0 fully saturated rings. The van der Waals surface area contributed by atoms with E-state index in [2.05, 4.69) is 13.2 Å². The SMILES string of the molecule is C=C(C)/C(F)=C(/F)C(=C)C(C)CCC(C)COc1ccc(C)cc1F. The summed E-state index contributed by atoms with van der Waals surface area (Å²) in [7, 11) is 0. The van der Waals surface area contributed by atoms with Crippen LogP contribution in [0.5, 0.6) is 5.75 Å².